The highest BCUT2D eigenvalue weighted by Crippen LogP contribution is 2.39. The molecule has 1 N–H and O–H groups in total. The summed E-state index contributed by atoms with van der Waals surface area (Å²) < 4.78 is 15.1. The molecule has 0 unspecified atom stereocenters. The summed E-state index contributed by atoms with van der Waals surface area (Å²) >= 11 is 1.13. The minimum atomic E-state index is -0.801. The van der Waals surface area contributed by atoms with Crippen LogP contribution in [-0.4, -0.2) is 55.5 Å². The third-order valence-corrected chi connectivity index (χ3v) is 6.19. The van der Waals surface area contributed by atoms with Crippen LogP contribution in [0.3, 0.4) is 0 Å². The van der Waals surface area contributed by atoms with Crippen LogP contribution in [0.2, 0.25) is 0 Å². The Labute approximate surface area is 187 Å². The number of nitro benzene ring substituents is 1. The van der Waals surface area contributed by atoms with E-state index in [0.29, 0.717) is 25.1 Å². The number of fused-ring (bicyclic) bond motifs is 1. The van der Waals surface area contributed by atoms with Gasteiger partial charge in [-0.2, -0.15) is 0 Å². The summed E-state index contributed by atoms with van der Waals surface area (Å²) in [6.07, 6.45) is 0.419. The summed E-state index contributed by atoms with van der Waals surface area (Å²) in [4.78, 5) is 50.5. The number of methoxy groups -OCH3 is 3. The number of benzene rings is 1. The van der Waals surface area contributed by atoms with E-state index in [-0.39, 0.29) is 33.5 Å². The van der Waals surface area contributed by atoms with Crippen molar-refractivity contribution >= 4 is 39.8 Å². The van der Waals surface area contributed by atoms with E-state index in [4.69, 9.17) is 14.2 Å². The number of hydrogen-bond donors (Lipinski definition) is 1. The molecular formula is C20H21N3O8S. The zero-order valence-electron chi connectivity index (χ0n) is 17.8. The van der Waals surface area contributed by atoms with Crippen LogP contribution < -0.4 is 14.8 Å². The maximum absolute atomic E-state index is 13.0. The molecule has 12 heteroatoms. The van der Waals surface area contributed by atoms with E-state index in [1.54, 1.807) is 4.90 Å². The number of amides is 2. The van der Waals surface area contributed by atoms with Gasteiger partial charge in [-0.3, -0.25) is 19.7 Å². The Morgan fingerprint density at radius 3 is 2.38 bits per heavy atom. The van der Waals surface area contributed by atoms with Crippen LogP contribution in [0.25, 0.3) is 0 Å². The van der Waals surface area contributed by atoms with Crippen molar-refractivity contribution in [3.63, 3.8) is 0 Å². The molecule has 0 radical (unpaired) electrons. The molecular weight excluding hydrogens is 442 g/mol. The van der Waals surface area contributed by atoms with Gasteiger partial charge in [-0.1, -0.05) is 0 Å². The third kappa shape index (κ3) is 4.21. The zero-order valence-corrected chi connectivity index (χ0v) is 18.7. The molecule has 1 aromatic carbocycles. The fourth-order valence-corrected chi connectivity index (χ4v) is 4.70. The highest BCUT2D eigenvalue weighted by Gasteiger charge is 2.31. The minimum Gasteiger partial charge on any atom is -0.493 e. The number of nitro groups is 1. The van der Waals surface area contributed by atoms with E-state index in [9.17, 15) is 24.5 Å². The molecule has 1 aliphatic rings. The molecule has 2 aromatic rings. The molecule has 32 heavy (non-hydrogen) atoms. The predicted molar refractivity (Wildman–Crippen MR) is 115 cm³/mol. The number of rotatable bonds is 6. The van der Waals surface area contributed by atoms with Crippen LogP contribution in [0.15, 0.2) is 12.1 Å². The molecule has 2 amide bonds. The second kappa shape index (κ2) is 9.22. The van der Waals surface area contributed by atoms with Crippen LogP contribution in [0, 0.1) is 10.1 Å². The number of ether oxygens (including phenoxy) is 3. The lowest BCUT2D eigenvalue weighted by Crippen LogP contribution is -2.33. The third-order valence-electron chi connectivity index (χ3n) is 5.06. The van der Waals surface area contributed by atoms with Crippen molar-refractivity contribution in [3.05, 3.63) is 43.8 Å². The Morgan fingerprint density at radius 1 is 1.16 bits per heavy atom. The first kappa shape index (κ1) is 23.0. The van der Waals surface area contributed by atoms with Gasteiger partial charge in [0, 0.05) is 24.4 Å². The Hall–Kier alpha value is -3.67. The number of carbonyl (C=O) groups excluding carboxylic acids is 3. The monoisotopic (exact) mass is 463 g/mol. The molecule has 1 aliphatic heterocycles. The Kier molecular flexibility index (Phi) is 6.63. The van der Waals surface area contributed by atoms with Gasteiger partial charge in [0.2, 0.25) is 5.91 Å². The van der Waals surface area contributed by atoms with E-state index in [2.05, 4.69) is 5.32 Å². The van der Waals surface area contributed by atoms with E-state index >= 15 is 0 Å². The van der Waals surface area contributed by atoms with Crippen molar-refractivity contribution in [2.24, 2.45) is 0 Å². The second-order valence-electron chi connectivity index (χ2n) is 6.83. The smallest absolute Gasteiger partial charge is 0.341 e. The molecule has 0 spiro atoms. The number of thiophene rings is 1. The molecule has 0 aliphatic carbocycles. The lowest BCUT2D eigenvalue weighted by Gasteiger charge is -2.25. The molecule has 2 heterocycles. The molecule has 3 rings (SSSR count). The van der Waals surface area contributed by atoms with Gasteiger partial charge in [0.1, 0.15) is 10.6 Å². The molecule has 1 aromatic heterocycles. The van der Waals surface area contributed by atoms with Gasteiger partial charge in [0.05, 0.1) is 44.4 Å². The summed E-state index contributed by atoms with van der Waals surface area (Å²) in [5, 5.41) is 14.3. The van der Waals surface area contributed by atoms with Crippen LogP contribution in [0.5, 0.6) is 11.5 Å². The molecule has 0 atom stereocenters. The van der Waals surface area contributed by atoms with Gasteiger partial charge >= 0.3 is 5.97 Å². The Bertz CT molecular complexity index is 1110. The number of nitrogens with zero attached hydrogens (tertiary/aromatic N) is 2. The normalized spacial score (nSPS) is 12.6. The van der Waals surface area contributed by atoms with Gasteiger partial charge in [-0.25, -0.2) is 4.79 Å². The SMILES string of the molecule is COC(=O)c1c(NC(=O)c2cc(OC)c(OC)cc2[N+](=O)[O-])sc2c1CCN(C(C)=O)C2. The topological polar surface area (TPSA) is 137 Å². The van der Waals surface area contributed by atoms with E-state index in [1.807, 2.05) is 0 Å². The summed E-state index contributed by atoms with van der Waals surface area (Å²) in [5.74, 6) is -1.31. The fourth-order valence-electron chi connectivity index (χ4n) is 3.45. The quantitative estimate of drug-likeness (QED) is 0.392. The highest BCUT2D eigenvalue weighted by atomic mass is 32.1. The molecule has 0 bridgehead atoms. The van der Waals surface area contributed by atoms with Crippen LogP contribution in [-0.2, 0) is 22.5 Å². The van der Waals surface area contributed by atoms with Crippen LogP contribution in [0.1, 0.15) is 38.1 Å². The standard InChI is InChI=1S/C20H21N3O8S/c1-10(24)22-6-5-11-16(9-22)32-19(17(11)20(26)31-4)21-18(25)12-7-14(29-2)15(30-3)8-13(12)23(27)28/h7-8H,5-6,9H2,1-4H3,(H,21,25). The van der Waals surface area contributed by atoms with Crippen molar-refractivity contribution in [2.75, 3.05) is 33.2 Å². The predicted octanol–water partition coefficient (Wildman–Crippen LogP) is 2.62. The highest BCUT2D eigenvalue weighted by molar-refractivity contribution is 7.17. The number of nitrogens with one attached hydrogen (secondary N) is 1. The molecule has 0 saturated carbocycles. The first-order valence-electron chi connectivity index (χ1n) is 9.41. The second-order valence-corrected chi connectivity index (χ2v) is 7.93. The number of esters is 1. The van der Waals surface area contributed by atoms with Gasteiger partial charge < -0.3 is 24.4 Å². The van der Waals surface area contributed by atoms with Gasteiger partial charge in [-0.15, -0.1) is 11.3 Å². The lowest BCUT2D eigenvalue weighted by molar-refractivity contribution is -0.385. The van der Waals surface area contributed by atoms with Crippen LogP contribution in [0.4, 0.5) is 10.7 Å². The van der Waals surface area contributed by atoms with Crippen molar-refractivity contribution in [1.82, 2.24) is 4.90 Å². The summed E-state index contributed by atoms with van der Waals surface area (Å²) in [6, 6.07) is 2.30. The first-order valence-corrected chi connectivity index (χ1v) is 10.2. The lowest BCUT2D eigenvalue weighted by atomic mass is 10.0. The number of anilines is 1. The summed E-state index contributed by atoms with van der Waals surface area (Å²) in [5.41, 5.74) is 0.132. The first-order chi connectivity index (χ1) is 15.2. The van der Waals surface area contributed by atoms with E-state index in [0.717, 1.165) is 22.3 Å². The van der Waals surface area contributed by atoms with Crippen molar-refractivity contribution < 1.29 is 33.5 Å². The van der Waals surface area contributed by atoms with Crippen molar-refractivity contribution in [3.8, 4) is 11.5 Å². The minimum absolute atomic E-state index is 0.0990. The van der Waals surface area contributed by atoms with Gasteiger partial charge in [0.25, 0.3) is 11.6 Å². The largest absolute Gasteiger partial charge is 0.493 e. The molecule has 170 valence electrons. The van der Waals surface area contributed by atoms with Crippen molar-refractivity contribution in [1.29, 1.82) is 0 Å². The van der Waals surface area contributed by atoms with Crippen LogP contribution >= 0.6 is 11.3 Å². The maximum Gasteiger partial charge on any atom is 0.341 e. The summed E-state index contributed by atoms with van der Waals surface area (Å²) in [6.45, 7) is 2.18. The van der Waals surface area contributed by atoms with E-state index in [1.165, 1.54) is 34.3 Å². The molecule has 11 nitrogen and oxygen atoms in total. The van der Waals surface area contributed by atoms with E-state index < -0.39 is 22.5 Å². The molecule has 0 fully saturated rings. The average Bonchev–Trinajstić information content (AvgIpc) is 3.14. The summed E-state index contributed by atoms with van der Waals surface area (Å²) in [7, 11) is 3.89. The molecule has 0 saturated heterocycles. The van der Waals surface area contributed by atoms with Gasteiger partial charge in [-0.05, 0) is 12.0 Å². The Balaban J connectivity index is 2.04. The fraction of sp³-hybridized carbons (Fsp3) is 0.350. The number of hydrogen-bond acceptors (Lipinski definition) is 9. The zero-order chi connectivity index (χ0) is 23.6. The maximum atomic E-state index is 13.0. The van der Waals surface area contributed by atoms with Gasteiger partial charge in [0.15, 0.2) is 11.5 Å². The average molecular weight is 463 g/mol. The number of carbonyl (C=O) groups is 3. The van der Waals surface area contributed by atoms with Crippen molar-refractivity contribution in [2.45, 2.75) is 19.9 Å². The Morgan fingerprint density at radius 2 is 1.81 bits per heavy atom.